The SMILES string of the molecule is COCCCn1c(C(O)N(CC(C)C)[C@@H]2CNC[C@H](C(=O)CCC3CCOCC3)C2)nc2ccccc21. The number of hydrogen-bond donors (Lipinski definition) is 2. The van der Waals surface area contributed by atoms with E-state index in [1.807, 2.05) is 18.2 Å². The van der Waals surface area contributed by atoms with Crippen LogP contribution in [0.4, 0.5) is 0 Å². The van der Waals surface area contributed by atoms with Crippen LogP contribution in [0.15, 0.2) is 24.3 Å². The third-order valence-corrected chi connectivity index (χ3v) is 7.93. The second-order valence-corrected chi connectivity index (χ2v) is 11.2. The normalized spacial score (nSPS) is 22.2. The lowest BCUT2D eigenvalue weighted by atomic mass is 9.86. The summed E-state index contributed by atoms with van der Waals surface area (Å²) in [5.74, 6) is 1.99. The van der Waals surface area contributed by atoms with Gasteiger partial charge in [0.15, 0.2) is 12.1 Å². The first-order valence-corrected chi connectivity index (χ1v) is 14.2. The number of fused-ring (bicyclic) bond motifs is 1. The maximum atomic E-state index is 13.2. The molecule has 37 heavy (non-hydrogen) atoms. The third-order valence-electron chi connectivity index (χ3n) is 7.93. The number of hydrogen-bond acceptors (Lipinski definition) is 7. The predicted molar refractivity (Wildman–Crippen MR) is 145 cm³/mol. The maximum Gasteiger partial charge on any atom is 0.166 e. The van der Waals surface area contributed by atoms with E-state index in [-0.39, 0.29) is 12.0 Å². The number of para-hydroxylation sites is 2. The number of aryl methyl sites for hydroxylation is 1. The Hall–Kier alpha value is -1.84. The van der Waals surface area contributed by atoms with Crippen molar-refractivity contribution in [3.8, 4) is 0 Å². The molecule has 0 spiro atoms. The number of methoxy groups -OCH3 is 1. The molecule has 0 amide bonds. The van der Waals surface area contributed by atoms with Gasteiger partial charge in [0.1, 0.15) is 5.78 Å². The highest BCUT2D eigenvalue weighted by molar-refractivity contribution is 5.81. The number of imidazole rings is 1. The van der Waals surface area contributed by atoms with E-state index in [4.69, 9.17) is 14.5 Å². The molecule has 1 aromatic heterocycles. The minimum absolute atomic E-state index is 0.0130. The molecular formula is C29H46N4O4. The number of piperidine rings is 1. The Morgan fingerprint density at radius 1 is 1.27 bits per heavy atom. The van der Waals surface area contributed by atoms with Crippen molar-refractivity contribution in [2.45, 2.75) is 71.2 Å². The topological polar surface area (TPSA) is 88.9 Å². The fourth-order valence-electron chi connectivity index (χ4n) is 5.91. The molecule has 0 bridgehead atoms. The van der Waals surface area contributed by atoms with E-state index in [1.165, 1.54) is 0 Å². The fraction of sp³-hybridized carbons (Fsp3) is 0.724. The molecular weight excluding hydrogens is 468 g/mol. The number of nitrogens with zero attached hydrogens (tertiary/aromatic N) is 3. The molecule has 0 saturated carbocycles. The van der Waals surface area contributed by atoms with Crippen LogP contribution in [0.3, 0.4) is 0 Å². The number of ketones is 1. The van der Waals surface area contributed by atoms with Crippen LogP contribution in [0, 0.1) is 17.8 Å². The third kappa shape index (κ3) is 7.39. The van der Waals surface area contributed by atoms with E-state index in [0.717, 1.165) is 82.5 Å². The zero-order valence-electron chi connectivity index (χ0n) is 22.9. The molecule has 0 aliphatic carbocycles. The number of Topliss-reactive ketones (excluding diaryl/α,β-unsaturated/α-hetero) is 1. The minimum atomic E-state index is -0.847. The molecule has 4 rings (SSSR count). The van der Waals surface area contributed by atoms with Crippen molar-refractivity contribution < 1.29 is 19.4 Å². The van der Waals surface area contributed by atoms with Gasteiger partial charge in [-0.15, -0.1) is 0 Å². The van der Waals surface area contributed by atoms with Gasteiger partial charge in [-0.25, -0.2) is 4.98 Å². The Bertz CT molecular complexity index is 987. The van der Waals surface area contributed by atoms with E-state index in [9.17, 15) is 9.90 Å². The van der Waals surface area contributed by atoms with Crippen molar-refractivity contribution in [2.75, 3.05) is 46.6 Å². The molecule has 8 heteroatoms. The Morgan fingerprint density at radius 3 is 2.81 bits per heavy atom. The van der Waals surface area contributed by atoms with Crippen molar-refractivity contribution >= 4 is 16.8 Å². The molecule has 206 valence electrons. The molecule has 8 nitrogen and oxygen atoms in total. The fourth-order valence-corrected chi connectivity index (χ4v) is 5.91. The van der Waals surface area contributed by atoms with Gasteiger partial charge in [-0.1, -0.05) is 26.0 Å². The van der Waals surface area contributed by atoms with Gasteiger partial charge in [0.05, 0.1) is 11.0 Å². The van der Waals surface area contributed by atoms with E-state index >= 15 is 0 Å². The number of nitrogens with one attached hydrogen (secondary N) is 1. The number of aliphatic hydroxyl groups excluding tert-OH is 1. The number of carbonyl (C=O) groups is 1. The number of ether oxygens (including phenoxy) is 2. The summed E-state index contributed by atoms with van der Waals surface area (Å²) < 4.78 is 12.9. The van der Waals surface area contributed by atoms with Gasteiger partial charge in [0.25, 0.3) is 0 Å². The molecule has 3 atom stereocenters. The monoisotopic (exact) mass is 514 g/mol. The van der Waals surface area contributed by atoms with Crippen molar-refractivity contribution in [3.05, 3.63) is 30.1 Å². The first-order valence-electron chi connectivity index (χ1n) is 14.2. The Labute approximate surface area is 221 Å². The van der Waals surface area contributed by atoms with Gasteiger partial charge >= 0.3 is 0 Å². The van der Waals surface area contributed by atoms with Crippen molar-refractivity contribution in [2.24, 2.45) is 17.8 Å². The first-order chi connectivity index (χ1) is 18.0. The summed E-state index contributed by atoms with van der Waals surface area (Å²) in [5.41, 5.74) is 1.92. The molecule has 1 unspecified atom stereocenters. The average molecular weight is 515 g/mol. The van der Waals surface area contributed by atoms with E-state index in [0.29, 0.717) is 36.5 Å². The number of aliphatic hydroxyl groups is 1. The van der Waals surface area contributed by atoms with Gasteiger partial charge in [0.2, 0.25) is 0 Å². The number of rotatable bonds is 13. The molecule has 2 aliphatic heterocycles. The van der Waals surface area contributed by atoms with Gasteiger partial charge in [-0.05, 0) is 56.1 Å². The Balaban J connectivity index is 1.49. The lowest BCUT2D eigenvalue weighted by Gasteiger charge is -2.40. The van der Waals surface area contributed by atoms with Crippen LogP contribution in [-0.2, 0) is 20.8 Å². The number of aromatic nitrogens is 2. The van der Waals surface area contributed by atoms with Crippen LogP contribution in [0.5, 0.6) is 0 Å². The molecule has 2 aromatic rings. The summed E-state index contributed by atoms with van der Waals surface area (Å²) in [6.45, 7) is 9.60. The molecule has 2 aliphatic rings. The van der Waals surface area contributed by atoms with Crippen LogP contribution >= 0.6 is 0 Å². The minimum Gasteiger partial charge on any atom is -0.385 e. The summed E-state index contributed by atoms with van der Waals surface area (Å²) in [4.78, 5) is 20.3. The van der Waals surface area contributed by atoms with Crippen LogP contribution in [-0.4, -0.2) is 77.9 Å². The second kappa shape index (κ2) is 13.8. The van der Waals surface area contributed by atoms with Gasteiger partial charge < -0.3 is 24.5 Å². The molecule has 2 saturated heterocycles. The van der Waals surface area contributed by atoms with Crippen LogP contribution in [0.1, 0.15) is 64.4 Å². The average Bonchev–Trinajstić information content (AvgIpc) is 3.29. The Kier molecular flexibility index (Phi) is 10.5. The van der Waals surface area contributed by atoms with Crippen LogP contribution in [0.2, 0.25) is 0 Å². The van der Waals surface area contributed by atoms with Crippen LogP contribution in [0.25, 0.3) is 11.0 Å². The molecule has 2 fully saturated rings. The van der Waals surface area contributed by atoms with Crippen molar-refractivity contribution in [1.82, 2.24) is 19.8 Å². The lowest BCUT2D eigenvalue weighted by Crippen LogP contribution is -2.53. The smallest absolute Gasteiger partial charge is 0.166 e. The van der Waals surface area contributed by atoms with E-state index in [2.05, 4.69) is 34.7 Å². The van der Waals surface area contributed by atoms with Crippen molar-refractivity contribution in [1.29, 1.82) is 0 Å². The number of carbonyl (C=O) groups excluding carboxylic acids is 1. The van der Waals surface area contributed by atoms with Gasteiger partial charge in [0, 0.05) is 71.5 Å². The van der Waals surface area contributed by atoms with Crippen molar-refractivity contribution in [3.63, 3.8) is 0 Å². The van der Waals surface area contributed by atoms with E-state index in [1.54, 1.807) is 7.11 Å². The van der Waals surface area contributed by atoms with Crippen LogP contribution < -0.4 is 5.32 Å². The zero-order chi connectivity index (χ0) is 26.2. The summed E-state index contributed by atoms with van der Waals surface area (Å²) in [7, 11) is 1.71. The van der Waals surface area contributed by atoms with Gasteiger partial charge in [-0.2, -0.15) is 0 Å². The lowest BCUT2D eigenvalue weighted by molar-refractivity contribution is -0.125. The largest absolute Gasteiger partial charge is 0.385 e. The molecule has 2 N–H and O–H groups in total. The second-order valence-electron chi connectivity index (χ2n) is 11.2. The summed E-state index contributed by atoms with van der Waals surface area (Å²) in [6.07, 6.45) is 4.51. The summed E-state index contributed by atoms with van der Waals surface area (Å²) in [5, 5.41) is 15.3. The van der Waals surface area contributed by atoms with Gasteiger partial charge in [-0.3, -0.25) is 9.69 Å². The highest BCUT2D eigenvalue weighted by atomic mass is 16.5. The summed E-state index contributed by atoms with van der Waals surface area (Å²) in [6, 6.07) is 8.13. The standard InChI is InChI=1S/C29H46N4O4/c1-21(2)20-33(24-17-23(18-30-19-24)27(34)10-9-22-11-15-37-16-12-22)29(35)28-31-25-7-4-5-8-26(25)32(28)13-6-14-36-3/h4-5,7-8,21-24,29-30,35H,6,9-20H2,1-3H3/t23-,24+,29?/m1/s1. The predicted octanol–water partition coefficient (Wildman–Crippen LogP) is 3.78. The molecule has 3 heterocycles. The molecule has 0 radical (unpaired) electrons. The number of benzene rings is 1. The maximum absolute atomic E-state index is 13.2. The Morgan fingerprint density at radius 2 is 2.05 bits per heavy atom. The highest BCUT2D eigenvalue weighted by Gasteiger charge is 2.35. The first kappa shape index (κ1) is 28.2. The quantitative estimate of drug-likeness (QED) is 0.311. The zero-order valence-corrected chi connectivity index (χ0v) is 22.9. The highest BCUT2D eigenvalue weighted by Crippen LogP contribution is 2.30. The van der Waals surface area contributed by atoms with E-state index < -0.39 is 6.23 Å². The summed E-state index contributed by atoms with van der Waals surface area (Å²) >= 11 is 0. The molecule has 1 aromatic carbocycles.